The first-order valence-corrected chi connectivity index (χ1v) is 7.08. The summed E-state index contributed by atoms with van der Waals surface area (Å²) in [7, 11) is 3.46. The molecule has 4 heteroatoms. The van der Waals surface area contributed by atoms with Crippen LogP contribution in [0.25, 0.3) is 0 Å². The van der Waals surface area contributed by atoms with E-state index in [1.807, 2.05) is 38.2 Å². The smallest absolute Gasteiger partial charge is 0.222 e. The first-order chi connectivity index (χ1) is 10.1. The zero-order chi connectivity index (χ0) is 15.7. The summed E-state index contributed by atoms with van der Waals surface area (Å²) in [5, 5.41) is 0. The molecule has 1 atom stereocenters. The van der Waals surface area contributed by atoms with Crippen LogP contribution >= 0.6 is 0 Å². The van der Waals surface area contributed by atoms with E-state index >= 15 is 0 Å². The summed E-state index contributed by atoms with van der Waals surface area (Å²) >= 11 is 0. The molecule has 0 saturated heterocycles. The number of carbonyl (C=O) groups excluding carboxylic acids is 1. The quantitative estimate of drug-likeness (QED) is 0.809. The van der Waals surface area contributed by atoms with Crippen LogP contribution in [0.5, 0.6) is 0 Å². The lowest BCUT2D eigenvalue weighted by atomic mass is 10.1. The van der Waals surface area contributed by atoms with E-state index in [4.69, 9.17) is 10.5 Å². The normalized spacial score (nSPS) is 11.4. The minimum absolute atomic E-state index is 0.112. The lowest BCUT2D eigenvalue weighted by Gasteiger charge is -2.20. The number of benzene rings is 1. The number of hydrogen-bond donors (Lipinski definition) is 1. The van der Waals surface area contributed by atoms with Crippen molar-refractivity contribution in [2.75, 3.05) is 27.3 Å². The lowest BCUT2D eigenvalue weighted by molar-refractivity contribution is -0.131. The second-order valence-corrected chi connectivity index (χ2v) is 5.18. The number of nitrogens with zero attached hydrogens (tertiary/aromatic N) is 1. The van der Waals surface area contributed by atoms with Crippen molar-refractivity contribution in [3.63, 3.8) is 0 Å². The molecule has 0 fully saturated rings. The maximum atomic E-state index is 12.2. The Balaban J connectivity index is 2.70. The Morgan fingerprint density at radius 3 is 2.81 bits per heavy atom. The lowest BCUT2D eigenvalue weighted by Crippen LogP contribution is -2.28. The van der Waals surface area contributed by atoms with Gasteiger partial charge < -0.3 is 15.4 Å². The Morgan fingerprint density at radius 2 is 2.14 bits per heavy atom. The Kier molecular flexibility index (Phi) is 7.52. The molecule has 0 aliphatic rings. The van der Waals surface area contributed by atoms with E-state index in [0.29, 0.717) is 26.1 Å². The van der Waals surface area contributed by atoms with Gasteiger partial charge in [0.2, 0.25) is 5.91 Å². The summed E-state index contributed by atoms with van der Waals surface area (Å²) in [6.45, 7) is 3.49. The predicted octanol–water partition coefficient (Wildman–Crippen LogP) is 1.63. The first-order valence-electron chi connectivity index (χ1n) is 7.08. The Morgan fingerprint density at radius 1 is 1.43 bits per heavy atom. The van der Waals surface area contributed by atoms with Crippen molar-refractivity contribution in [3.8, 4) is 11.8 Å². The Labute approximate surface area is 127 Å². The SMILES string of the molecule is COCC(C)CC(=O)N(C)Cc1ccccc1C#CCN. The molecule has 0 bridgehead atoms. The Hall–Kier alpha value is -1.83. The first kappa shape index (κ1) is 17.2. The molecule has 0 radical (unpaired) electrons. The number of ether oxygens (including phenoxy) is 1. The van der Waals surface area contributed by atoms with Gasteiger partial charge in [0.05, 0.1) is 6.54 Å². The third-order valence-electron chi connectivity index (χ3n) is 3.15. The number of methoxy groups -OCH3 is 1. The zero-order valence-corrected chi connectivity index (χ0v) is 13.1. The van der Waals surface area contributed by atoms with E-state index in [9.17, 15) is 4.79 Å². The molecule has 21 heavy (non-hydrogen) atoms. The molecule has 0 aromatic heterocycles. The largest absolute Gasteiger partial charge is 0.384 e. The molecular weight excluding hydrogens is 264 g/mol. The van der Waals surface area contributed by atoms with Crippen molar-refractivity contribution in [3.05, 3.63) is 35.4 Å². The molecule has 1 aromatic carbocycles. The van der Waals surface area contributed by atoms with Crippen LogP contribution in [0.1, 0.15) is 24.5 Å². The fourth-order valence-corrected chi connectivity index (χ4v) is 2.07. The highest BCUT2D eigenvalue weighted by molar-refractivity contribution is 5.76. The standard InChI is InChI=1S/C17H24N2O2/c1-14(13-21-3)11-17(20)19(2)12-16-8-5-4-7-15(16)9-6-10-18/h4-5,7-8,14H,10-13,18H2,1-3H3. The van der Waals surface area contributed by atoms with Gasteiger partial charge in [-0.15, -0.1) is 0 Å². The molecule has 1 aromatic rings. The van der Waals surface area contributed by atoms with E-state index in [2.05, 4.69) is 11.8 Å². The van der Waals surface area contributed by atoms with Gasteiger partial charge in [-0.2, -0.15) is 0 Å². The average molecular weight is 288 g/mol. The van der Waals surface area contributed by atoms with Gasteiger partial charge in [-0.05, 0) is 17.5 Å². The van der Waals surface area contributed by atoms with Crippen LogP contribution < -0.4 is 5.73 Å². The monoisotopic (exact) mass is 288 g/mol. The van der Waals surface area contributed by atoms with Crippen molar-refractivity contribution >= 4 is 5.91 Å². The molecular formula is C17H24N2O2. The number of rotatable bonds is 6. The highest BCUT2D eigenvalue weighted by atomic mass is 16.5. The van der Waals surface area contributed by atoms with Gasteiger partial charge in [0.15, 0.2) is 0 Å². The summed E-state index contributed by atoms with van der Waals surface area (Å²) in [4.78, 5) is 13.9. The minimum atomic E-state index is 0.112. The molecule has 0 spiro atoms. The van der Waals surface area contributed by atoms with Gasteiger partial charge in [-0.3, -0.25) is 4.79 Å². The maximum Gasteiger partial charge on any atom is 0.222 e. The van der Waals surface area contributed by atoms with Crippen molar-refractivity contribution in [2.45, 2.75) is 19.9 Å². The fraction of sp³-hybridized carbons (Fsp3) is 0.471. The van der Waals surface area contributed by atoms with Crippen molar-refractivity contribution < 1.29 is 9.53 Å². The highest BCUT2D eigenvalue weighted by Gasteiger charge is 2.14. The van der Waals surface area contributed by atoms with E-state index in [1.54, 1.807) is 12.0 Å². The van der Waals surface area contributed by atoms with Crippen LogP contribution in [0.2, 0.25) is 0 Å². The molecule has 1 rings (SSSR count). The molecule has 0 heterocycles. The van der Waals surface area contributed by atoms with E-state index in [1.165, 1.54) is 0 Å². The second kappa shape index (κ2) is 9.17. The zero-order valence-electron chi connectivity index (χ0n) is 13.1. The fourth-order valence-electron chi connectivity index (χ4n) is 2.07. The van der Waals surface area contributed by atoms with Crippen LogP contribution in [0, 0.1) is 17.8 Å². The topological polar surface area (TPSA) is 55.6 Å². The van der Waals surface area contributed by atoms with E-state index in [0.717, 1.165) is 11.1 Å². The van der Waals surface area contributed by atoms with Crippen LogP contribution in [-0.4, -0.2) is 38.1 Å². The summed E-state index contributed by atoms with van der Waals surface area (Å²) in [5.41, 5.74) is 7.37. The molecule has 2 N–H and O–H groups in total. The highest BCUT2D eigenvalue weighted by Crippen LogP contribution is 2.12. The minimum Gasteiger partial charge on any atom is -0.384 e. The number of carbonyl (C=O) groups is 1. The van der Waals surface area contributed by atoms with Gasteiger partial charge in [0.1, 0.15) is 0 Å². The summed E-state index contributed by atoms with van der Waals surface area (Å²) < 4.78 is 5.07. The van der Waals surface area contributed by atoms with Crippen LogP contribution in [0.15, 0.2) is 24.3 Å². The maximum absolute atomic E-state index is 12.2. The van der Waals surface area contributed by atoms with Crippen molar-refractivity contribution in [1.82, 2.24) is 4.90 Å². The molecule has 4 nitrogen and oxygen atoms in total. The van der Waals surface area contributed by atoms with Gasteiger partial charge in [0.25, 0.3) is 0 Å². The van der Waals surface area contributed by atoms with E-state index < -0.39 is 0 Å². The van der Waals surface area contributed by atoms with Crippen LogP contribution in [0.4, 0.5) is 0 Å². The predicted molar refractivity (Wildman–Crippen MR) is 84.5 cm³/mol. The molecule has 1 amide bonds. The summed E-state index contributed by atoms with van der Waals surface area (Å²) in [6, 6.07) is 7.83. The summed E-state index contributed by atoms with van der Waals surface area (Å²) in [5.74, 6) is 6.23. The third kappa shape index (κ3) is 5.99. The van der Waals surface area contributed by atoms with E-state index in [-0.39, 0.29) is 11.8 Å². The molecule has 0 aliphatic heterocycles. The van der Waals surface area contributed by atoms with Gasteiger partial charge >= 0.3 is 0 Å². The third-order valence-corrected chi connectivity index (χ3v) is 3.15. The molecule has 1 unspecified atom stereocenters. The Bertz CT molecular complexity index is 517. The molecule has 114 valence electrons. The number of nitrogens with two attached hydrogens (primary N) is 1. The number of hydrogen-bond acceptors (Lipinski definition) is 3. The van der Waals surface area contributed by atoms with Crippen LogP contribution in [-0.2, 0) is 16.1 Å². The van der Waals surface area contributed by atoms with Gasteiger partial charge in [-0.1, -0.05) is 37.0 Å². The average Bonchev–Trinajstić information content (AvgIpc) is 2.46. The van der Waals surface area contributed by atoms with Crippen molar-refractivity contribution in [2.24, 2.45) is 11.7 Å². The second-order valence-electron chi connectivity index (χ2n) is 5.18. The van der Waals surface area contributed by atoms with Crippen LogP contribution in [0.3, 0.4) is 0 Å². The van der Waals surface area contributed by atoms with Gasteiger partial charge in [-0.25, -0.2) is 0 Å². The number of amides is 1. The van der Waals surface area contributed by atoms with Crippen molar-refractivity contribution in [1.29, 1.82) is 0 Å². The molecule has 0 aliphatic carbocycles. The summed E-state index contributed by atoms with van der Waals surface area (Å²) in [6.07, 6.45) is 0.487. The molecule has 0 saturated carbocycles. The van der Waals surface area contributed by atoms with Gasteiger partial charge in [0, 0.05) is 39.3 Å².